The van der Waals surface area contributed by atoms with Crippen LogP contribution >= 0.6 is 0 Å². The number of carbonyl (C=O) groups excluding carboxylic acids is 1. The highest BCUT2D eigenvalue weighted by Gasteiger charge is 2.20. The fraction of sp³-hybridized carbons (Fsp3) is 0.455. The first-order chi connectivity index (χ1) is 7.52. The Balaban J connectivity index is 3.29. The second-order valence-electron chi connectivity index (χ2n) is 3.48. The number of carbonyl (C=O) groups is 2. The van der Waals surface area contributed by atoms with Crippen molar-refractivity contribution in [2.45, 2.75) is 26.8 Å². The highest BCUT2D eigenvalue weighted by atomic mass is 16.5. The number of nitrogens with zero attached hydrogens (tertiary/aromatic N) is 1. The van der Waals surface area contributed by atoms with Crippen molar-refractivity contribution in [1.82, 2.24) is 4.57 Å². The summed E-state index contributed by atoms with van der Waals surface area (Å²) in [4.78, 5) is 22.4. The van der Waals surface area contributed by atoms with Crippen molar-refractivity contribution >= 4 is 11.9 Å². The second kappa shape index (κ2) is 4.83. The van der Waals surface area contributed by atoms with Gasteiger partial charge in [0.05, 0.1) is 12.7 Å². The Kier molecular flexibility index (Phi) is 3.71. The monoisotopic (exact) mass is 225 g/mol. The molecule has 0 fully saturated rings. The quantitative estimate of drug-likeness (QED) is 0.792. The molecule has 0 spiro atoms. The van der Waals surface area contributed by atoms with Gasteiger partial charge >= 0.3 is 11.9 Å². The van der Waals surface area contributed by atoms with Gasteiger partial charge in [-0.1, -0.05) is 6.92 Å². The van der Waals surface area contributed by atoms with E-state index in [9.17, 15) is 9.59 Å². The molecule has 1 heterocycles. The number of hydrogen-bond acceptors (Lipinski definition) is 3. The molecule has 1 aromatic heterocycles. The van der Waals surface area contributed by atoms with E-state index in [0.29, 0.717) is 17.8 Å². The number of aromatic carboxylic acids is 1. The van der Waals surface area contributed by atoms with Gasteiger partial charge in [-0.05, 0) is 19.4 Å². The minimum Gasteiger partial charge on any atom is -0.477 e. The summed E-state index contributed by atoms with van der Waals surface area (Å²) >= 11 is 0. The predicted octanol–water partition coefficient (Wildman–Crippen LogP) is 1.69. The van der Waals surface area contributed by atoms with E-state index in [-0.39, 0.29) is 5.69 Å². The molecule has 0 radical (unpaired) electrons. The summed E-state index contributed by atoms with van der Waals surface area (Å²) in [5, 5.41) is 9.01. The van der Waals surface area contributed by atoms with E-state index in [1.165, 1.54) is 13.2 Å². The zero-order valence-corrected chi connectivity index (χ0v) is 9.61. The Morgan fingerprint density at radius 2 is 2.12 bits per heavy atom. The van der Waals surface area contributed by atoms with Crippen molar-refractivity contribution in [3.63, 3.8) is 0 Å². The van der Waals surface area contributed by atoms with Gasteiger partial charge in [-0.25, -0.2) is 9.59 Å². The Labute approximate surface area is 93.6 Å². The van der Waals surface area contributed by atoms with E-state index in [4.69, 9.17) is 5.11 Å². The number of rotatable bonds is 4. The van der Waals surface area contributed by atoms with Gasteiger partial charge in [-0.2, -0.15) is 0 Å². The second-order valence-corrected chi connectivity index (χ2v) is 3.48. The third kappa shape index (κ3) is 2.08. The number of esters is 1. The number of hydrogen-bond donors (Lipinski definition) is 1. The molecule has 1 aromatic rings. The van der Waals surface area contributed by atoms with Gasteiger partial charge in [0.25, 0.3) is 0 Å². The van der Waals surface area contributed by atoms with Crippen LogP contribution in [0, 0.1) is 6.92 Å². The lowest BCUT2D eigenvalue weighted by atomic mass is 10.2. The molecule has 0 unspecified atom stereocenters. The highest BCUT2D eigenvalue weighted by molar-refractivity contribution is 5.95. The molecule has 5 nitrogen and oxygen atoms in total. The first-order valence-electron chi connectivity index (χ1n) is 5.04. The predicted molar refractivity (Wildman–Crippen MR) is 57.8 cm³/mol. The van der Waals surface area contributed by atoms with Crippen LogP contribution in [0.1, 0.15) is 39.9 Å². The zero-order valence-electron chi connectivity index (χ0n) is 9.61. The minimum atomic E-state index is -1.04. The van der Waals surface area contributed by atoms with Crippen LogP contribution in [0.15, 0.2) is 6.07 Å². The molecule has 0 saturated carbocycles. The van der Waals surface area contributed by atoms with E-state index in [2.05, 4.69) is 4.74 Å². The molecule has 88 valence electrons. The van der Waals surface area contributed by atoms with Crippen LogP contribution in [0.25, 0.3) is 0 Å². The molecule has 0 saturated heterocycles. The highest BCUT2D eigenvalue weighted by Crippen LogP contribution is 2.17. The van der Waals surface area contributed by atoms with E-state index in [0.717, 1.165) is 6.42 Å². The van der Waals surface area contributed by atoms with Crippen molar-refractivity contribution < 1.29 is 19.4 Å². The SMILES string of the molecule is CCCn1c(C(=O)O)cc(C(=O)OC)c1C. The average Bonchev–Trinajstić information content (AvgIpc) is 2.57. The molecule has 0 aliphatic heterocycles. The van der Waals surface area contributed by atoms with Crippen LogP contribution in [0.5, 0.6) is 0 Å². The van der Waals surface area contributed by atoms with Gasteiger partial charge in [0.1, 0.15) is 5.69 Å². The number of ether oxygens (including phenoxy) is 1. The number of aromatic nitrogens is 1. The molecular weight excluding hydrogens is 210 g/mol. The molecule has 5 heteroatoms. The summed E-state index contributed by atoms with van der Waals surface area (Å²) in [6.45, 7) is 4.24. The van der Waals surface area contributed by atoms with E-state index >= 15 is 0 Å². The van der Waals surface area contributed by atoms with Crippen LogP contribution in [0.4, 0.5) is 0 Å². The summed E-state index contributed by atoms with van der Waals surface area (Å²) in [5.41, 5.74) is 1.07. The molecule has 1 N–H and O–H groups in total. The number of carboxylic acid groups (broad SMARTS) is 1. The van der Waals surface area contributed by atoms with Crippen LogP contribution in [-0.2, 0) is 11.3 Å². The van der Waals surface area contributed by atoms with Crippen LogP contribution < -0.4 is 0 Å². The van der Waals surface area contributed by atoms with Gasteiger partial charge in [0, 0.05) is 12.2 Å². The van der Waals surface area contributed by atoms with Crippen molar-refractivity contribution in [2.24, 2.45) is 0 Å². The molecule has 16 heavy (non-hydrogen) atoms. The first-order valence-corrected chi connectivity index (χ1v) is 5.04. The molecule has 1 rings (SSSR count). The third-order valence-electron chi connectivity index (χ3n) is 2.44. The maximum atomic E-state index is 11.4. The fourth-order valence-electron chi connectivity index (χ4n) is 1.65. The lowest BCUT2D eigenvalue weighted by Gasteiger charge is -2.07. The third-order valence-corrected chi connectivity index (χ3v) is 2.44. The summed E-state index contributed by atoms with van der Waals surface area (Å²) < 4.78 is 6.22. The van der Waals surface area contributed by atoms with Crippen LogP contribution in [0.3, 0.4) is 0 Å². The lowest BCUT2D eigenvalue weighted by molar-refractivity contribution is 0.0599. The lowest BCUT2D eigenvalue weighted by Crippen LogP contribution is -2.10. The van der Waals surface area contributed by atoms with Crippen molar-refractivity contribution in [2.75, 3.05) is 7.11 Å². The molecular formula is C11H15NO4. The van der Waals surface area contributed by atoms with Crippen LogP contribution in [0.2, 0.25) is 0 Å². The minimum absolute atomic E-state index is 0.125. The molecule has 0 aromatic carbocycles. The molecule has 0 atom stereocenters. The fourth-order valence-corrected chi connectivity index (χ4v) is 1.65. The van der Waals surface area contributed by atoms with Crippen molar-refractivity contribution in [1.29, 1.82) is 0 Å². The molecule has 0 aliphatic carbocycles. The van der Waals surface area contributed by atoms with E-state index < -0.39 is 11.9 Å². The van der Waals surface area contributed by atoms with Gasteiger partial charge in [0.15, 0.2) is 0 Å². The van der Waals surface area contributed by atoms with Crippen molar-refractivity contribution in [3.8, 4) is 0 Å². The molecule has 0 bridgehead atoms. The first kappa shape index (κ1) is 12.3. The topological polar surface area (TPSA) is 68.5 Å². The van der Waals surface area contributed by atoms with Crippen molar-refractivity contribution in [3.05, 3.63) is 23.0 Å². The zero-order chi connectivity index (χ0) is 12.3. The summed E-state index contributed by atoms with van der Waals surface area (Å²) in [6, 6.07) is 1.36. The largest absolute Gasteiger partial charge is 0.477 e. The van der Waals surface area contributed by atoms with Gasteiger partial charge < -0.3 is 14.4 Å². The maximum absolute atomic E-state index is 11.4. The Bertz CT molecular complexity index is 420. The Morgan fingerprint density at radius 1 is 1.50 bits per heavy atom. The Morgan fingerprint density at radius 3 is 2.56 bits per heavy atom. The Hall–Kier alpha value is -1.78. The van der Waals surface area contributed by atoms with Crippen LogP contribution in [-0.4, -0.2) is 28.7 Å². The summed E-state index contributed by atoms with van der Waals surface area (Å²) in [7, 11) is 1.28. The smallest absolute Gasteiger partial charge is 0.352 e. The van der Waals surface area contributed by atoms with Gasteiger partial charge in [0.2, 0.25) is 0 Å². The van der Waals surface area contributed by atoms with Gasteiger partial charge in [-0.15, -0.1) is 0 Å². The summed E-state index contributed by atoms with van der Waals surface area (Å²) in [6.07, 6.45) is 0.802. The molecule has 0 amide bonds. The maximum Gasteiger partial charge on any atom is 0.352 e. The molecule has 0 aliphatic rings. The normalized spacial score (nSPS) is 10.2. The number of methoxy groups -OCH3 is 1. The van der Waals surface area contributed by atoms with E-state index in [1.54, 1.807) is 11.5 Å². The van der Waals surface area contributed by atoms with Gasteiger partial charge in [-0.3, -0.25) is 0 Å². The van der Waals surface area contributed by atoms with E-state index in [1.807, 2.05) is 6.92 Å². The summed E-state index contributed by atoms with van der Waals surface area (Å²) in [5.74, 6) is -1.54. The standard InChI is InChI=1S/C11H15NO4/c1-4-5-12-7(2)8(11(15)16-3)6-9(12)10(13)14/h6H,4-5H2,1-3H3,(H,13,14). The number of carboxylic acids is 1. The average molecular weight is 225 g/mol.